The van der Waals surface area contributed by atoms with E-state index in [1.165, 1.54) is 23.5 Å². The molecule has 26 heavy (non-hydrogen) atoms. The molecular weight excluding hydrogens is 365 g/mol. The number of aliphatic carboxylic acids is 1. The predicted octanol–water partition coefficient (Wildman–Crippen LogP) is 4.51. The van der Waals surface area contributed by atoms with Gasteiger partial charge in [-0.1, -0.05) is 12.1 Å². The number of aromatic nitrogens is 1. The van der Waals surface area contributed by atoms with Gasteiger partial charge in [-0.3, -0.25) is 9.69 Å². The van der Waals surface area contributed by atoms with Gasteiger partial charge in [0, 0.05) is 30.1 Å². The number of hydrogen-bond acceptors (Lipinski definition) is 4. The predicted molar refractivity (Wildman–Crippen MR) is 92.8 cm³/mol. The third-order valence-electron chi connectivity index (χ3n) is 4.74. The van der Waals surface area contributed by atoms with Gasteiger partial charge in [0.05, 0.1) is 17.2 Å². The smallest absolute Gasteiger partial charge is 0.416 e. The number of piperidine rings is 1. The van der Waals surface area contributed by atoms with E-state index in [9.17, 15) is 23.1 Å². The molecule has 3 rings (SSSR count). The van der Waals surface area contributed by atoms with Crippen molar-refractivity contribution in [1.82, 2.24) is 9.88 Å². The van der Waals surface area contributed by atoms with Crippen molar-refractivity contribution in [3.8, 4) is 10.6 Å². The Bertz CT molecular complexity index is 773. The first-order chi connectivity index (χ1) is 12.2. The Balaban J connectivity index is 1.70. The molecule has 0 bridgehead atoms. The Morgan fingerprint density at radius 1 is 1.31 bits per heavy atom. The molecule has 0 spiro atoms. The van der Waals surface area contributed by atoms with Gasteiger partial charge >= 0.3 is 12.1 Å². The second kappa shape index (κ2) is 7.36. The first-order valence-corrected chi connectivity index (χ1v) is 9.21. The van der Waals surface area contributed by atoms with Crippen LogP contribution < -0.4 is 0 Å². The minimum absolute atomic E-state index is 0.279. The van der Waals surface area contributed by atoms with Gasteiger partial charge in [0.15, 0.2) is 0 Å². The highest BCUT2D eigenvalue weighted by Crippen LogP contribution is 2.32. The lowest BCUT2D eigenvalue weighted by atomic mass is 9.93. The number of carboxylic acids is 1. The van der Waals surface area contributed by atoms with Crippen LogP contribution >= 0.6 is 11.3 Å². The van der Waals surface area contributed by atoms with E-state index in [4.69, 9.17) is 0 Å². The standard InChI is InChI=1S/C18H19F3N2O2S/c1-11-2-3-13(17(24)25)8-23(11)9-15-10-26-16(22-15)12-4-6-14(7-5-12)18(19,20)21/h4-7,10-11,13H,2-3,8-9H2,1H3,(H,24,25). The number of nitrogens with zero attached hydrogens (tertiary/aromatic N) is 2. The van der Waals surface area contributed by atoms with Crippen LogP contribution in [0.3, 0.4) is 0 Å². The molecule has 2 unspecified atom stereocenters. The summed E-state index contributed by atoms with van der Waals surface area (Å²) in [6, 6.07) is 5.24. The van der Waals surface area contributed by atoms with Crippen LogP contribution in [-0.4, -0.2) is 33.5 Å². The first kappa shape index (κ1) is 18.8. The lowest BCUT2D eigenvalue weighted by Gasteiger charge is -2.35. The lowest BCUT2D eigenvalue weighted by Crippen LogP contribution is -2.43. The first-order valence-electron chi connectivity index (χ1n) is 8.33. The molecule has 0 aliphatic carbocycles. The summed E-state index contributed by atoms with van der Waals surface area (Å²) >= 11 is 1.38. The van der Waals surface area contributed by atoms with Crippen molar-refractivity contribution in [2.24, 2.45) is 5.92 Å². The molecule has 0 amide bonds. The van der Waals surface area contributed by atoms with Crippen molar-refractivity contribution in [2.45, 2.75) is 38.5 Å². The second-order valence-corrected chi connectivity index (χ2v) is 7.47. The maximum atomic E-state index is 12.7. The fourth-order valence-corrected chi connectivity index (χ4v) is 3.94. The van der Waals surface area contributed by atoms with Crippen molar-refractivity contribution >= 4 is 17.3 Å². The Hall–Kier alpha value is -1.93. The highest BCUT2D eigenvalue weighted by atomic mass is 32.1. The third kappa shape index (κ3) is 4.24. The van der Waals surface area contributed by atoms with Gasteiger partial charge < -0.3 is 5.11 Å². The van der Waals surface area contributed by atoms with Gasteiger partial charge in [0.25, 0.3) is 0 Å². The number of halogens is 3. The van der Waals surface area contributed by atoms with Gasteiger partial charge in [0.2, 0.25) is 0 Å². The molecule has 1 aromatic heterocycles. The number of likely N-dealkylation sites (tertiary alicyclic amines) is 1. The SMILES string of the molecule is CC1CCC(C(=O)O)CN1Cc1csc(-c2ccc(C(F)(F)F)cc2)n1. The monoisotopic (exact) mass is 384 g/mol. The minimum atomic E-state index is -4.35. The zero-order chi connectivity index (χ0) is 18.9. The summed E-state index contributed by atoms with van der Waals surface area (Å²) in [7, 11) is 0. The molecular formula is C18H19F3N2O2S. The van der Waals surface area contributed by atoms with Crippen LogP contribution in [0.4, 0.5) is 13.2 Å². The quantitative estimate of drug-likeness (QED) is 0.843. The number of rotatable bonds is 4. The summed E-state index contributed by atoms with van der Waals surface area (Å²) in [5, 5.41) is 11.8. The molecule has 2 aromatic rings. The van der Waals surface area contributed by atoms with E-state index in [0.717, 1.165) is 24.2 Å². The molecule has 1 saturated heterocycles. The number of hydrogen-bond donors (Lipinski definition) is 1. The zero-order valence-corrected chi connectivity index (χ0v) is 15.0. The van der Waals surface area contributed by atoms with Crippen LogP contribution in [0.25, 0.3) is 10.6 Å². The van der Waals surface area contributed by atoms with E-state index in [1.54, 1.807) is 0 Å². The average Bonchev–Trinajstić information content (AvgIpc) is 3.04. The van der Waals surface area contributed by atoms with E-state index in [1.807, 2.05) is 5.38 Å². The van der Waals surface area contributed by atoms with Gasteiger partial charge in [-0.2, -0.15) is 13.2 Å². The molecule has 1 aliphatic heterocycles. The maximum absolute atomic E-state index is 12.7. The number of benzene rings is 1. The number of thiazole rings is 1. The summed E-state index contributed by atoms with van der Waals surface area (Å²) in [6.45, 7) is 3.10. The lowest BCUT2D eigenvalue weighted by molar-refractivity contribution is -0.144. The normalized spacial score (nSPS) is 21.7. The van der Waals surface area contributed by atoms with Crippen LogP contribution in [0.1, 0.15) is 31.0 Å². The molecule has 1 aromatic carbocycles. The van der Waals surface area contributed by atoms with Crippen LogP contribution in [0, 0.1) is 5.92 Å². The molecule has 0 radical (unpaired) electrons. The molecule has 1 N–H and O–H groups in total. The zero-order valence-electron chi connectivity index (χ0n) is 14.2. The molecule has 8 heteroatoms. The van der Waals surface area contributed by atoms with Crippen molar-refractivity contribution in [1.29, 1.82) is 0 Å². The molecule has 140 valence electrons. The molecule has 2 heterocycles. The summed E-state index contributed by atoms with van der Waals surface area (Å²) in [5.74, 6) is -1.13. The van der Waals surface area contributed by atoms with Crippen molar-refractivity contribution in [3.05, 3.63) is 40.9 Å². The third-order valence-corrected chi connectivity index (χ3v) is 5.68. The van der Waals surface area contributed by atoms with E-state index in [2.05, 4.69) is 16.8 Å². The minimum Gasteiger partial charge on any atom is -0.481 e. The van der Waals surface area contributed by atoms with Crippen LogP contribution in [-0.2, 0) is 17.5 Å². The molecule has 0 saturated carbocycles. The maximum Gasteiger partial charge on any atom is 0.416 e. The summed E-state index contributed by atoms with van der Waals surface area (Å²) in [4.78, 5) is 17.8. The van der Waals surface area contributed by atoms with Crippen molar-refractivity contribution in [2.75, 3.05) is 6.54 Å². The summed E-state index contributed by atoms with van der Waals surface area (Å²) in [5.41, 5.74) is 0.770. The average molecular weight is 384 g/mol. The fraction of sp³-hybridized carbons (Fsp3) is 0.444. The summed E-state index contributed by atoms with van der Waals surface area (Å²) < 4.78 is 38.0. The second-order valence-electron chi connectivity index (χ2n) is 6.61. The number of carbonyl (C=O) groups is 1. The number of alkyl halides is 3. The molecule has 1 fully saturated rings. The topological polar surface area (TPSA) is 53.4 Å². The van der Waals surface area contributed by atoms with Gasteiger partial charge in [-0.25, -0.2) is 4.98 Å². The largest absolute Gasteiger partial charge is 0.481 e. The number of carboxylic acid groups (broad SMARTS) is 1. The van der Waals surface area contributed by atoms with E-state index in [-0.39, 0.29) is 12.0 Å². The van der Waals surface area contributed by atoms with Crippen molar-refractivity contribution < 1.29 is 23.1 Å². The van der Waals surface area contributed by atoms with E-state index in [0.29, 0.717) is 30.1 Å². The highest BCUT2D eigenvalue weighted by Gasteiger charge is 2.31. The van der Waals surface area contributed by atoms with Gasteiger partial charge in [-0.15, -0.1) is 11.3 Å². The van der Waals surface area contributed by atoms with Crippen LogP contribution in [0.5, 0.6) is 0 Å². The Labute approximate surface area is 153 Å². The summed E-state index contributed by atoms with van der Waals surface area (Å²) in [6.07, 6.45) is -2.84. The Morgan fingerprint density at radius 3 is 2.62 bits per heavy atom. The molecule has 1 aliphatic rings. The van der Waals surface area contributed by atoms with Crippen molar-refractivity contribution in [3.63, 3.8) is 0 Å². The Kier molecular flexibility index (Phi) is 5.34. The highest BCUT2D eigenvalue weighted by molar-refractivity contribution is 7.13. The van der Waals surface area contributed by atoms with Crippen LogP contribution in [0.2, 0.25) is 0 Å². The van der Waals surface area contributed by atoms with E-state index >= 15 is 0 Å². The van der Waals surface area contributed by atoms with Gasteiger partial charge in [0.1, 0.15) is 5.01 Å². The molecule has 4 nitrogen and oxygen atoms in total. The Morgan fingerprint density at radius 2 is 2.00 bits per heavy atom. The van der Waals surface area contributed by atoms with Crippen LogP contribution in [0.15, 0.2) is 29.6 Å². The molecule has 2 atom stereocenters. The van der Waals surface area contributed by atoms with Gasteiger partial charge in [-0.05, 0) is 31.9 Å². The van der Waals surface area contributed by atoms with E-state index < -0.39 is 17.7 Å². The fourth-order valence-electron chi connectivity index (χ4n) is 3.12.